The highest BCUT2D eigenvalue weighted by molar-refractivity contribution is 6.62. The number of ether oxygens (including phenoxy) is 1. The van der Waals surface area contributed by atoms with Crippen molar-refractivity contribution in [3.63, 3.8) is 0 Å². The second-order valence-corrected chi connectivity index (χ2v) is 9.55. The summed E-state index contributed by atoms with van der Waals surface area (Å²) in [6, 6.07) is 2.10. The molecule has 0 spiro atoms. The molecule has 148 valence electrons. The molecule has 3 rings (SSSR count). The quantitative estimate of drug-likeness (QED) is 0.745. The van der Waals surface area contributed by atoms with Gasteiger partial charge in [-0.1, -0.05) is 6.07 Å². The summed E-state index contributed by atoms with van der Waals surface area (Å²) < 4.78 is 17.8. The van der Waals surface area contributed by atoms with E-state index in [0.717, 1.165) is 17.4 Å². The van der Waals surface area contributed by atoms with Gasteiger partial charge in [-0.15, -0.1) is 0 Å². The molecule has 1 unspecified atom stereocenters. The van der Waals surface area contributed by atoms with Crippen LogP contribution in [0.5, 0.6) is 0 Å². The van der Waals surface area contributed by atoms with Crippen LogP contribution in [0.4, 0.5) is 4.79 Å². The van der Waals surface area contributed by atoms with Crippen molar-refractivity contribution in [3.8, 4) is 0 Å². The van der Waals surface area contributed by atoms with Crippen molar-refractivity contribution >= 4 is 18.7 Å². The third-order valence-electron chi connectivity index (χ3n) is 5.62. The van der Waals surface area contributed by atoms with Gasteiger partial charge < -0.3 is 18.9 Å². The monoisotopic (exact) mass is 374 g/mol. The Hall–Kier alpha value is -1.60. The fourth-order valence-corrected chi connectivity index (χ4v) is 3.33. The van der Waals surface area contributed by atoms with Crippen LogP contribution in [-0.2, 0) is 14.0 Å². The van der Waals surface area contributed by atoms with Gasteiger partial charge in [0.1, 0.15) is 5.60 Å². The van der Waals surface area contributed by atoms with E-state index < -0.39 is 12.7 Å². The Labute approximate surface area is 162 Å². The van der Waals surface area contributed by atoms with E-state index in [0.29, 0.717) is 13.1 Å². The number of nitrogens with zero attached hydrogens (tertiary/aromatic N) is 2. The number of rotatable bonds is 2. The van der Waals surface area contributed by atoms with Crippen LogP contribution in [0.1, 0.15) is 66.4 Å². The van der Waals surface area contributed by atoms with Crippen LogP contribution in [-0.4, -0.2) is 53.0 Å². The normalized spacial score (nSPS) is 24.3. The van der Waals surface area contributed by atoms with Gasteiger partial charge in [0.25, 0.3) is 0 Å². The molecule has 0 radical (unpaired) electrons. The molecule has 1 aromatic rings. The Kier molecular flexibility index (Phi) is 5.06. The maximum absolute atomic E-state index is 12.3. The summed E-state index contributed by atoms with van der Waals surface area (Å²) in [5, 5.41) is 0. The summed E-state index contributed by atoms with van der Waals surface area (Å²) in [5.41, 5.74) is 0.784. The Bertz CT molecular complexity index is 698. The summed E-state index contributed by atoms with van der Waals surface area (Å²) in [4.78, 5) is 18.5. The molecule has 0 aromatic carbocycles. The molecule has 2 fully saturated rings. The van der Waals surface area contributed by atoms with Gasteiger partial charge in [-0.2, -0.15) is 0 Å². The maximum atomic E-state index is 12.3. The van der Waals surface area contributed by atoms with Crippen LogP contribution in [0, 0.1) is 0 Å². The van der Waals surface area contributed by atoms with Gasteiger partial charge in [0.15, 0.2) is 0 Å². The fraction of sp³-hybridized carbons (Fsp3) is 0.700. The van der Waals surface area contributed by atoms with E-state index in [-0.39, 0.29) is 23.2 Å². The van der Waals surface area contributed by atoms with E-state index in [1.165, 1.54) is 0 Å². The van der Waals surface area contributed by atoms with Crippen LogP contribution in [0.3, 0.4) is 0 Å². The highest BCUT2D eigenvalue weighted by atomic mass is 16.7. The second-order valence-electron chi connectivity index (χ2n) is 9.55. The van der Waals surface area contributed by atoms with E-state index in [1.807, 2.05) is 54.7 Å². The molecule has 1 aromatic heterocycles. The van der Waals surface area contributed by atoms with Crippen molar-refractivity contribution in [2.24, 2.45) is 0 Å². The highest BCUT2D eigenvalue weighted by Crippen LogP contribution is 2.36. The molecule has 1 atom stereocenters. The van der Waals surface area contributed by atoms with Crippen LogP contribution >= 0.6 is 0 Å². The average Bonchev–Trinajstić information content (AvgIpc) is 3.09. The molecular weight excluding hydrogens is 343 g/mol. The van der Waals surface area contributed by atoms with Crippen molar-refractivity contribution in [1.29, 1.82) is 0 Å². The Morgan fingerprint density at radius 2 is 1.85 bits per heavy atom. The van der Waals surface area contributed by atoms with Gasteiger partial charge in [0, 0.05) is 36.9 Å². The van der Waals surface area contributed by atoms with Gasteiger partial charge in [0.05, 0.1) is 11.2 Å². The van der Waals surface area contributed by atoms with E-state index in [2.05, 4.69) is 11.1 Å². The topological polar surface area (TPSA) is 60.9 Å². The predicted molar refractivity (Wildman–Crippen MR) is 105 cm³/mol. The lowest BCUT2D eigenvalue weighted by molar-refractivity contribution is 0.00578. The van der Waals surface area contributed by atoms with Crippen LogP contribution in [0.25, 0.3) is 0 Å². The van der Waals surface area contributed by atoms with Gasteiger partial charge in [-0.3, -0.25) is 4.98 Å². The molecule has 2 saturated heterocycles. The predicted octanol–water partition coefficient (Wildman–Crippen LogP) is 3.11. The van der Waals surface area contributed by atoms with Crippen LogP contribution in [0.15, 0.2) is 18.5 Å². The Balaban J connectivity index is 1.70. The lowest BCUT2D eigenvalue weighted by Gasteiger charge is -2.32. The van der Waals surface area contributed by atoms with Crippen molar-refractivity contribution in [3.05, 3.63) is 24.0 Å². The molecule has 7 heteroatoms. The minimum atomic E-state index is -0.479. The van der Waals surface area contributed by atoms with Crippen LogP contribution < -0.4 is 5.46 Å². The third kappa shape index (κ3) is 4.30. The number of carbonyl (C=O) groups excluding carboxylic acids is 1. The van der Waals surface area contributed by atoms with Crippen molar-refractivity contribution in [2.75, 3.05) is 13.1 Å². The van der Waals surface area contributed by atoms with Crippen molar-refractivity contribution in [2.45, 2.75) is 77.6 Å². The molecule has 0 bridgehead atoms. The van der Waals surface area contributed by atoms with Gasteiger partial charge in [-0.25, -0.2) is 4.79 Å². The number of aromatic nitrogens is 1. The lowest BCUT2D eigenvalue weighted by Crippen LogP contribution is -2.41. The zero-order valence-electron chi connectivity index (χ0n) is 17.5. The molecule has 0 aliphatic carbocycles. The SMILES string of the molecule is CC(C)(C)OC(=O)N1CCC(c2cncc(B3OC(C)(C)C(C)(C)O3)c2)C1. The molecule has 2 aliphatic rings. The number of carbonyl (C=O) groups is 1. The summed E-state index contributed by atoms with van der Waals surface area (Å²) >= 11 is 0. The summed E-state index contributed by atoms with van der Waals surface area (Å²) in [7, 11) is -0.425. The standard InChI is InChI=1S/C20H31BN2O4/c1-18(2,3)25-17(24)23-9-8-14(13-23)15-10-16(12-22-11-15)21-26-19(4,5)20(6,7)27-21/h10-12,14H,8-9,13H2,1-7H3. The zero-order valence-corrected chi connectivity index (χ0v) is 17.5. The smallest absolute Gasteiger partial charge is 0.444 e. The minimum absolute atomic E-state index is 0.243. The molecule has 0 saturated carbocycles. The lowest BCUT2D eigenvalue weighted by atomic mass is 9.79. The molecule has 6 nitrogen and oxygen atoms in total. The number of amides is 1. The first-order valence-corrected chi connectivity index (χ1v) is 9.66. The molecule has 0 N–H and O–H groups in total. The van der Waals surface area contributed by atoms with Gasteiger partial charge >= 0.3 is 13.2 Å². The number of hydrogen-bond donors (Lipinski definition) is 0. The number of likely N-dealkylation sites (tertiary alicyclic amines) is 1. The number of pyridine rings is 1. The molecule has 3 heterocycles. The Morgan fingerprint density at radius 1 is 1.22 bits per heavy atom. The van der Waals surface area contributed by atoms with E-state index in [4.69, 9.17) is 14.0 Å². The van der Waals surface area contributed by atoms with E-state index in [9.17, 15) is 4.79 Å². The highest BCUT2D eigenvalue weighted by Gasteiger charge is 2.52. The van der Waals surface area contributed by atoms with Crippen molar-refractivity contribution < 1.29 is 18.8 Å². The molecular formula is C20H31BN2O4. The first-order valence-electron chi connectivity index (χ1n) is 9.66. The Morgan fingerprint density at radius 3 is 2.44 bits per heavy atom. The molecule has 1 amide bonds. The average molecular weight is 374 g/mol. The first kappa shape index (κ1) is 20.1. The van der Waals surface area contributed by atoms with Crippen molar-refractivity contribution in [1.82, 2.24) is 9.88 Å². The van der Waals surface area contributed by atoms with Crippen LogP contribution in [0.2, 0.25) is 0 Å². The molecule has 27 heavy (non-hydrogen) atoms. The van der Waals surface area contributed by atoms with E-state index in [1.54, 1.807) is 11.1 Å². The fourth-order valence-electron chi connectivity index (χ4n) is 3.33. The van der Waals surface area contributed by atoms with E-state index >= 15 is 0 Å². The zero-order chi connectivity index (χ0) is 20.0. The second kappa shape index (κ2) is 6.78. The third-order valence-corrected chi connectivity index (χ3v) is 5.62. The number of hydrogen-bond acceptors (Lipinski definition) is 5. The van der Waals surface area contributed by atoms with Gasteiger partial charge in [0.2, 0.25) is 0 Å². The van der Waals surface area contributed by atoms with Gasteiger partial charge in [-0.05, 0) is 60.5 Å². The minimum Gasteiger partial charge on any atom is -0.444 e. The maximum Gasteiger partial charge on any atom is 0.496 e. The summed E-state index contributed by atoms with van der Waals surface area (Å²) in [6.45, 7) is 15.2. The summed E-state index contributed by atoms with van der Waals surface area (Å²) in [6.07, 6.45) is 4.32. The summed E-state index contributed by atoms with van der Waals surface area (Å²) in [5.74, 6) is 0.243. The first-order chi connectivity index (χ1) is 12.4. The molecule has 2 aliphatic heterocycles. The largest absolute Gasteiger partial charge is 0.496 e.